The Bertz CT molecular complexity index is 1320. The highest BCUT2D eigenvalue weighted by Gasteiger charge is 2.33. The van der Waals surface area contributed by atoms with Crippen molar-refractivity contribution in [1.29, 1.82) is 0 Å². The van der Waals surface area contributed by atoms with Crippen LogP contribution in [0.5, 0.6) is 11.5 Å². The molecule has 0 unspecified atom stereocenters. The van der Waals surface area contributed by atoms with Crippen LogP contribution < -0.4 is 15.0 Å². The number of benzene rings is 1. The normalized spacial score (nSPS) is 12.7. The molecule has 0 fully saturated rings. The first kappa shape index (κ1) is 18.1. The van der Waals surface area contributed by atoms with Crippen molar-refractivity contribution in [2.45, 2.75) is 6.92 Å². The van der Waals surface area contributed by atoms with Crippen LogP contribution in [-0.4, -0.2) is 27.1 Å². The van der Waals surface area contributed by atoms with Crippen molar-refractivity contribution >= 4 is 50.6 Å². The lowest BCUT2D eigenvalue weighted by Gasteiger charge is -2.29. The van der Waals surface area contributed by atoms with E-state index >= 15 is 0 Å². The van der Waals surface area contributed by atoms with E-state index in [0.29, 0.717) is 38.8 Å². The summed E-state index contributed by atoms with van der Waals surface area (Å²) in [6, 6.07) is 10.3. The Kier molecular flexibility index (Phi) is 4.11. The molecule has 1 aliphatic rings. The van der Waals surface area contributed by atoms with Crippen LogP contribution in [0, 0.1) is 6.92 Å². The van der Waals surface area contributed by atoms with E-state index in [1.807, 2.05) is 13.0 Å². The molecule has 0 spiro atoms. The number of urea groups is 1. The second-order valence-electron chi connectivity index (χ2n) is 6.63. The number of carboxylic acids is 1. The summed E-state index contributed by atoms with van der Waals surface area (Å²) in [6.07, 6.45) is 4.86. The summed E-state index contributed by atoms with van der Waals surface area (Å²) in [5.41, 5.74) is 2.36. The summed E-state index contributed by atoms with van der Waals surface area (Å²) in [5, 5.41) is 12.8. The molecule has 5 rings (SSSR count). The molecule has 148 valence electrons. The molecule has 9 heteroatoms. The van der Waals surface area contributed by atoms with Crippen molar-refractivity contribution < 1.29 is 19.4 Å². The van der Waals surface area contributed by atoms with Crippen LogP contribution >= 0.6 is 11.3 Å². The minimum absolute atomic E-state index is 0.0647. The highest BCUT2D eigenvalue weighted by Crippen LogP contribution is 2.46. The predicted octanol–water partition coefficient (Wildman–Crippen LogP) is 5.17. The fourth-order valence-corrected chi connectivity index (χ4v) is 4.42. The van der Waals surface area contributed by atoms with Gasteiger partial charge in [-0.25, -0.2) is 14.6 Å². The lowest BCUT2D eigenvalue weighted by Crippen LogP contribution is -2.34. The summed E-state index contributed by atoms with van der Waals surface area (Å²) in [4.78, 5) is 35.0. The number of carboxylic acid groups (broad SMARTS) is 1. The smallest absolute Gasteiger partial charge is 0.348 e. The maximum absolute atomic E-state index is 13.0. The van der Waals surface area contributed by atoms with E-state index in [1.165, 1.54) is 4.90 Å². The Hall–Kier alpha value is -3.98. The van der Waals surface area contributed by atoms with Crippen molar-refractivity contribution in [3.05, 3.63) is 65.4 Å². The molecule has 0 saturated carbocycles. The summed E-state index contributed by atoms with van der Waals surface area (Å²) in [5.74, 6) is 0.132. The predicted molar refractivity (Wildman–Crippen MR) is 113 cm³/mol. The van der Waals surface area contributed by atoms with Crippen LogP contribution in [-0.2, 0) is 0 Å². The number of nitrogens with one attached hydrogen (secondary N) is 1. The van der Waals surface area contributed by atoms with Gasteiger partial charge in [0.1, 0.15) is 21.2 Å². The first-order chi connectivity index (χ1) is 14.5. The Morgan fingerprint density at radius 3 is 2.77 bits per heavy atom. The van der Waals surface area contributed by atoms with Crippen LogP contribution in [0.4, 0.5) is 21.9 Å². The number of anilines is 3. The second-order valence-corrected chi connectivity index (χ2v) is 7.63. The first-order valence-corrected chi connectivity index (χ1v) is 9.79. The molecule has 0 atom stereocenters. The minimum atomic E-state index is -1.10. The van der Waals surface area contributed by atoms with Crippen LogP contribution in [0.15, 0.2) is 55.0 Å². The van der Waals surface area contributed by atoms with E-state index in [-0.39, 0.29) is 4.88 Å². The molecule has 0 bridgehead atoms. The van der Waals surface area contributed by atoms with E-state index < -0.39 is 12.0 Å². The van der Waals surface area contributed by atoms with Gasteiger partial charge in [-0.1, -0.05) is 0 Å². The quantitative estimate of drug-likeness (QED) is 0.473. The van der Waals surface area contributed by atoms with Gasteiger partial charge in [-0.2, -0.15) is 0 Å². The average molecular weight is 418 g/mol. The van der Waals surface area contributed by atoms with Crippen LogP contribution in [0.25, 0.3) is 10.2 Å². The number of ether oxygens (including phenoxy) is 1. The van der Waals surface area contributed by atoms with Gasteiger partial charge in [-0.15, -0.1) is 11.3 Å². The van der Waals surface area contributed by atoms with Crippen LogP contribution in [0.1, 0.15) is 15.2 Å². The van der Waals surface area contributed by atoms with Crippen molar-refractivity contribution in [2.75, 3.05) is 10.2 Å². The zero-order valence-electron chi connectivity index (χ0n) is 15.6. The molecule has 30 heavy (non-hydrogen) atoms. The Balaban J connectivity index is 1.59. The molecule has 4 heterocycles. The molecule has 2 amide bonds. The van der Waals surface area contributed by atoms with E-state index in [0.717, 1.165) is 16.9 Å². The van der Waals surface area contributed by atoms with Gasteiger partial charge in [0.15, 0.2) is 0 Å². The van der Waals surface area contributed by atoms with Crippen LogP contribution in [0.3, 0.4) is 0 Å². The summed E-state index contributed by atoms with van der Waals surface area (Å²) >= 11 is 1.04. The molecule has 4 aromatic rings. The zero-order valence-corrected chi connectivity index (χ0v) is 16.4. The van der Waals surface area contributed by atoms with E-state index in [2.05, 4.69) is 15.3 Å². The summed E-state index contributed by atoms with van der Waals surface area (Å²) < 4.78 is 5.82. The first-order valence-electron chi connectivity index (χ1n) is 8.97. The Labute approximate surface area is 174 Å². The number of nitrogens with zero attached hydrogens (tertiary/aromatic N) is 3. The van der Waals surface area contributed by atoms with E-state index in [9.17, 15) is 14.7 Å². The lowest BCUT2D eigenvalue weighted by atomic mass is 10.1. The molecule has 1 aliphatic heterocycles. The van der Waals surface area contributed by atoms with Gasteiger partial charge in [0, 0.05) is 12.4 Å². The standard InChI is InChI=1S/C21H14N4O4S/c1-11-9-12(29-13-3-2-7-22-10-13)4-5-14(11)25-15-6-8-23-19-16(15)17(24-21(25)28)18(30-19)20(26)27/h2-10H,1H3,(H,24,28)(H,26,27). The largest absolute Gasteiger partial charge is 0.477 e. The second kappa shape index (κ2) is 6.82. The fraction of sp³-hybridized carbons (Fsp3) is 0.0476. The number of aromatic nitrogens is 2. The van der Waals surface area contributed by atoms with Crippen molar-refractivity contribution in [3.8, 4) is 11.5 Å². The van der Waals surface area contributed by atoms with Gasteiger partial charge in [0.2, 0.25) is 0 Å². The van der Waals surface area contributed by atoms with Gasteiger partial charge in [-0.3, -0.25) is 9.88 Å². The van der Waals surface area contributed by atoms with E-state index in [4.69, 9.17) is 4.74 Å². The van der Waals surface area contributed by atoms with Gasteiger partial charge in [0.05, 0.1) is 28.6 Å². The Morgan fingerprint density at radius 2 is 2.03 bits per heavy atom. The fourth-order valence-electron chi connectivity index (χ4n) is 3.46. The van der Waals surface area contributed by atoms with Crippen molar-refractivity contribution in [1.82, 2.24) is 9.97 Å². The SMILES string of the molecule is Cc1cc(Oc2cccnc2)ccc1N1C(=O)Nc2c(C(=O)O)sc3nccc1c23. The maximum atomic E-state index is 13.0. The molecule has 0 radical (unpaired) electrons. The average Bonchev–Trinajstić information content (AvgIpc) is 3.10. The molecular weight excluding hydrogens is 404 g/mol. The number of rotatable bonds is 4. The summed E-state index contributed by atoms with van der Waals surface area (Å²) in [7, 11) is 0. The summed E-state index contributed by atoms with van der Waals surface area (Å²) in [6.45, 7) is 1.88. The van der Waals surface area contributed by atoms with Gasteiger partial charge < -0.3 is 15.2 Å². The number of carbonyl (C=O) groups is 2. The molecular formula is C21H14N4O4S. The molecule has 8 nitrogen and oxygen atoms in total. The van der Waals surface area contributed by atoms with Crippen LogP contribution in [0.2, 0.25) is 0 Å². The Morgan fingerprint density at radius 1 is 1.17 bits per heavy atom. The zero-order chi connectivity index (χ0) is 20.8. The highest BCUT2D eigenvalue weighted by atomic mass is 32.1. The molecule has 2 N–H and O–H groups in total. The van der Waals surface area contributed by atoms with Crippen molar-refractivity contribution in [3.63, 3.8) is 0 Å². The van der Waals surface area contributed by atoms with Gasteiger partial charge >= 0.3 is 12.0 Å². The molecule has 3 aromatic heterocycles. The molecule has 1 aromatic carbocycles. The highest BCUT2D eigenvalue weighted by molar-refractivity contribution is 7.21. The minimum Gasteiger partial charge on any atom is -0.477 e. The number of aromatic carboxylic acids is 1. The lowest BCUT2D eigenvalue weighted by molar-refractivity contribution is 0.0703. The number of thiophene rings is 1. The van der Waals surface area contributed by atoms with Gasteiger partial charge in [0.25, 0.3) is 0 Å². The third-order valence-electron chi connectivity index (χ3n) is 4.72. The number of aryl methyl sites for hydroxylation is 1. The molecule has 0 aliphatic carbocycles. The number of pyridine rings is 2. The number of hydrogen-bond donors (Lipinski definition) is 2. The maximum Gasteiger partial charge on any atom is 0.348 e. The number of hydrogen-bond acceptors (Lipinski definition) is 6. The number of carbonyl (C=O) groups excluding carboxylic acids is 1. The number of amides is 2. The topological polar surface area (TPSA) is 105 Å². The van der Waals surface area contributed by atoms with Crippen molar-refractivity contribution in [2.24, 2.45) is 0 Å². The van der Waals surface area contributed by atoms with E-state index in [1.54, 1.807) is 48.9 Å². The monoisotopic (exact) mass is 418 g/mol. The third kappa shape index (κ3) is 2.83. The third-order valence-corrected chi connectivity index (χ3v) is 5.81. The van der Waals surface area contributed by atoms with Gasteiger partial charge in [-0.05, 0) is 48.9 Å². The molecule has 0 saturated heterocycles.